The van der Waals surface area contributed by atoms with Crippen molar-refractivity contribution in [2.75, 3.05) is 0 Å². The third kappa shape index (κ3) is 3.53. The van der Waals surface area contributed by atoms with Gasteiger partial charge in [0.2, 0.25) is 5.91 Å². The molecule has 0 aliphatic heterocycles. The topological polar surface area (TPSA) is 66.4 Å². The lowest BCUT2D eigenvalue weighted by Gasteiger charge is -2.36. The van der Waals surface area contributed by atoms with Crippen molar-refractivity contribution in [3.8, 4) is 0 Å². The number of amides is 1. The quantitative estimate of drug-likeness (QED) is 0.836. The molecule has 1 amide bonds. The van der Waals surface area contributed by atoms with E-state index >= 15 is 0 Å². The van der Waals surface area contributed by atoms with Crippen LogP contribution < -0.4 is 5.32 Å². The fraction of sp³-hybridized carbons (Fsp3) is 0.875. The minimum absolute atomic E-state index is 0.0851. The molecule has 4 heteroatoms. The molecule has 2 N–H and O–H groups in total. The maximum absolute atomic E-state index is 12.4. The van der Waals surface area contributed by atoms with Gasteiger partial charge < -0.3 is 10.4 Å². The molecule has 114 valence electrons. The minimum atomic E-state index is -0.748. The number of aliphatic carboxylic acids is 1. The number of nitrogens with one attached hydrogen (secondary N) is 1. The lowest BCUT2D eigenvalue weighted by Crippen LogP contribution is -2.46. The molecular weight excluding hydrogens is 254 g/mol. The van der Waals surface area contributed by atoms with E-state index in [-0.39, 0.29) is 23.8 Å². The van der Waals surface area contributed by atoms with Crippen molar-refractivity contribution in [3.05, 3.63) is 0 Å². The first-order valence-corrected chi connectivity index (χ1v) is 8.02. The third-order valence-corrected chi connectivity index (χ3v) is 5.43. The van der Waals surface area contributed by atoms with Crippen LogP contribution in [0.3, 0.4) is 0 Å². The normalized spacial score (nSPS) is 38.2. The molecule has 0 heterocycles. The van der Waals surface area contributed by atoms with Gasteiger partial charge in [0.25, 0.3) is 0 Å². The monoisotopic (exact) mass is 281 g/mol. The Balaban J connectivity index is 1.89. The molecular formula is C16H27NO3. The van der Waals surface area contributed by atoms with Gasteiger partial charge in [-0.15, -0.1) is 0 Å². The molecule has 4 nitrogen and oxygen atoms in total. The fourth-order valence-electron chi connectivity index (χ4n) is 3.74. The van der Waals surface area contributed by atoms with E-state index in [1.165, 1.54) is 12.8 Å². The number of carbonyl (C=O) groups is 2. The van der Waals surface area contributed by atoms with Gasteiger partial charge in [0.05, 0.1) is 5.92 Å². The summed E-state index contributed by atoms with van der Waals surface area (Å²) in [4.78, 5) is 23.5. The highest BCUT2D eigenvalue weighted by molar-refractivity contribution is 5.80. The Morgan fingerprint density at radius 1 is 1.00 bits per heavy atom. The zero-order chi connectivity index (χ0) is 14.7. The minimum Gasteiger partial charge on any atom is -0.481 e. The summed E-state index contributed by atoms with van der Waals surface area (Å²) in [5, 5.41) is 12.3. The second-order valence-corrected chi connectivity index (χ2v) is 6.78. The first-order valence-electron chi connectivity index (χ1n) is 8.02. The van der Waals surface area contributed by atoms with E-state index in [4.69, 9.17) is 5.11 Å². The van der Waals surface area contributed by atoms with Gasteiger partial charge in [0.1, 0.15) is 0 Å². The van der Waals surface area contributed by atoms with Crippen LogP contribution in [-0.4, -0.2) is 23.0 Å². The van der Waals surface area contributed by atoms with Gasteiger partial charge in [-0.25, -0.2) is 0 Å². The second-order valence-electron chi connectivity index (χ2n) is 6.78. The van der Waals surface area contributed by atoms with Crippen molar-refractivity contribution >= 4 is 11.9 Å². The van der Waals surface area contributed by atoms with Crippen molar-refractivity contribution in [2.24, 2.45) is 23.7 Å². The van der Waals surface area contributed by atoms with Crippen LogP contribution in [0.25, 0.3) is 0 Å². The number of hydrogen-bond donors (Lipinski definition) is 2. The highest BCUT2D eigenvalue weighted by atomic mass is 16.4. The molecule has 20 heavy (non-hydrogen) atoms. The zero-order valence-electron chi connectivity index (χ0n) is 12.6. The Labute approximate surface area is 121 Å². The number of carboxylic acids is 1. The van der Waals surface area contributed by atoms with Gasteiger partial charge in [0.15, 0.2) is 0 Å². The summed E-state index contributed by atoms with van der Waals surface area (Å²) in [5.74, 6) is 0.0827. The summed E-state index contributed by atoms with van der Waals surface area (Å²) < 4.78 is 0. The standard InChI is InChI=1S/C16H27NO3/c1-10-5-3-8-14(11(10)2)17-15(18)12-6-4-7-13(9-12)16(19)20/h10-14H,3-9H2,1-2H3,(H,17,18)(H,19,20). The van der Waals surface area contributed by atoms with Gasteiger partial charge >= 0.3 is 5.97 Å². The van der Waals surface area contributed by atoms with Crippen LogP contribution in [0, 0.1) is 23.7 Å². The molecule has 2 aliphatic rings. The molecule has 0 radical (unpaired) electrons. The highest BCUT2D eigenvalue weighted by Gasteiger charge is 2.34. The van der Waals surface area contributed by atoms with E-state index < -0.39 is 5.97 Å². The van der Waals surface area contributed by atoms with E-state index in [1.807, 2.05) is 0 Å². The average Bonchev–Trinajstić information content (AvgIpc) is 2.44. The number of carboxylic acid groups (broad SMARTS) is 1. The van der Waals surface area contributed by atoms with E-state index in [2.05, 4.69) is 19.2 Å². The van der Waals surface area contributed by atoms with E-state index in [1.54, 1.807) is 0 Å². The summed E-state index contributed by atoms with van der Waals surface area (Å²) in [6.45, 7) is 4.47. The fourth-order valence-corrected chi connectivity index (χ4v) is 3.74. The van der Waals surface area contributed by atoms with Gasteiger partial charge in [-0.3, -0.25) is 9.59 Å². The van der Waals surface area contributed by atoms with Crippen LogP contribution in [0.4, 0.5) is 0 Å². The van der Waals surface area contributed by atoms with Crippen LogP contribution in [0.5, 0.6) is 0 Å². The molecule has 0 spiro atoms. The third-order valence-electron chi connectivity index (χ3n) is 5.43. The predicted octanol–water partition coefficient (Wildman–Crippen LogP) is 2.82. The van der Waals surface area contributed by atoms with Crippen molar-refractivity contribution in [1.29, 1.82) is 0 Å². The Hall–Kier alpha value is -1.06. The molecule has 0 aromatic carbocycles. The number of rotatable bonds is 3. The van der Waals surface area contributed by atoms with Crippen molar-refractivity contribution in [3.63, 3.8) is 0 Å². The Bertz CT molecular complexity index is 369. The molecule has 2 rings (SSSR count). The number of hydrogen-bond acceptors (Lipinski definition) is 2. The van der Waals surface area contributed by atoms with E-state index in [0.29, 0.717) is 18.3 Å². The SMILES string of the molecule is CC1CCCC(NC(=O)C2CCCC(C(=O)O)C2)C1C. The molecule has 0 aromatic rings. The predicted molar refractivity (Wildman–Crippen MR) is 77.2 cm³/mol. The second kappa shape index (κ2) is 6.59. The smallest absolute Gasteiger partial charge is 0.306 e. The van der Waals surface area contributed by atoms with E-state index in [9.17, 15) is 9.59 Å². The molecule has 2 fully saturated rings. The Kier molecular flexibility index (Phi) is 5.06. The molecule has 0 saturated heterocycles. The summed E-state index contributed by atoms with van der Waals surface area (Å²) in [7, 11) is 0. The summed E-state index contributed by atoms with van der Waals surface area (Å²) >= 11 is 0. The van der Waals surface area contributed by atoms with Crippen molar-refractivity contribution in [1.82, 2.24) is 5.32 Å². The van der Waals surface area contributed by atoms with Gasteiger partial charge in [-0.1, -0.05) is 33.1 Å². The maximum atomic E-state index is 12.4. The van der Waals surface area contributed by atoms with Crippen molar-refractivity contribution in [2.45, 2.75) is 64.8 Å². The van der Waals surface area contributed by atoms with Crippen LogP contribution in [0.15, 0.2) is 0 Å². The summed E-state index contributed by atoms with van der Waals surface area (Å²) in [6, 6.07) is 0.274. The van der Waals surface area contributed by atoms with Gasteiger partial charge in [0, 0.05) is 12.0 Å². The highest BCUT2D eigenvalue weighted by Crippen LogP contribution is 2.32. The first kappa shape index (κ1) is 15.3. The first-order chi connectivity index (χ1) is 9.49. The molecule has 2 aliphatic carbocycles. The van der Waals surface area contributed by atoms with Gasteiger partial charge in [-0.2, -0.15) is 0 Å². The molecule has 5 atom stereocenters. The summed E-state index contributed by atoms with van der Waals surface area (Å²) in [6.07, 6.45) is 6.41. The van der Waals surface area contributed by atoms with Crippen LogP contribution >= 0.6 is 0 Å². The van der Waals surface area contributed by atoms with E-state index in [0.717, 1.165) is 25.7 Å². The maximum Gasteiger partial charge on any atom is 0.306 e. The van der Waals surface area contributed by atoms with Crippen molar-refractivity contribution < 1.29 is 14.7 Å². The molecule has 0 bridgehead atoms. The zero-order valence-corrected chi connectivity index (χ0v) is 12.6. The number of carbonyl (C=O) groups excluding carboxylic acids is 1. The average molecular weight is 281 g/mol. The molecule has 5 unspecified atom stereocenters. The lowest BCUT2D eigenvalue weighted by atomic mass is 9.77. The summed E-state index contributed by atoms with van der Waals surface area (Å²) in [5.41, 5.74) is 0. The molecule has 2 saturated carbocycles. The van der Waals surface area contributed by atoms with Crippen LogP contribution in [0.2, 0.25) is 0 Å². The van der Waals surface area contributed by atoms with Gasteiger partial charge in [-0.05, 0) is 37.5 Å². The molecule has 0 aromatic heterocycles. The largest absolute Gasteiger partial charge is 0.481 e. The van der Waals surface area contributed by atoms with Crippen LogP contribution in [0.1, 0.15) is 58.8 Å². The Morgan fingerprint density at radius 3 is 2.35 bits per heavy atom. The van der Waals surface area contributed by atoms with Crippen LogP contribution in [-0.2, 0) is 9.59 Å². The lowest BCUT2D eigenvalue weighted by molar-refractivity contribution is -0.144. The Morgan fingerprint density at radius 2 is 1.65 bits per heavy atom.